The summed E-state index contributed by atoms with van der Waals surface area (Å²) in [6.45, 7) is 3.70. The van der Waals surface area contributed by atoms with Crippen molar-refractivity contribution in [3.05, 3.63) is 59.4 Å². The minimum atomic E-state index is -3.59. The fourth-order valence-corrected chi connectivity index (χ4v) is 4.14. The number of nitrogens with one attached hydrogen (secondary N) is 1. The molecule has 4 nitrogen and oxygen atoms in total. The number of sulfonamides is 1. The van der Waals surface area contributed by atoms with E-state index in [-0.39, 0.29) is 4.90 Å². The van der Waals surface area contributed by atoms with Gasteiger partial charge in [0.05, 0.1) is 4.90 Å². The summed E-state index contributed by atoms with van der Waals surface area (Å²) >= 11 is 0. The summed E-state index contributed by atoms with van der Waals surface area (Å²) in [7, 11) is -3.59. The Bertz CT molecular complexity index is 837. The molecule has 6 heteroatoms. The molecule has 24 heavy (non-hydrogen) atoms. The predicted molar refractivity (Wildman–Crippen MR) is 93.3 cm³/mol. The average molecular weight is 348 g/mol. The highest BCUT2D eigenvalue weighted by molar-refractivity contribution is 7.89. The normalized spacial score (nSPS) is 14.0. The molecule has 1 aliphatic rings. The third-order valence-electron chi connectivity index (χ3n) is 4.32. The molecule has 0 saturated heterocycles. The first kappa shape index (κ1) is 16.9. The Labute approximate surface area is 142 Å². The first-order valence-corrected chi connectivity index (χ1v) is 9.54. The number of aryl methyl sites for hydroxylation is 1. The van der Waals surface area contributed by atoms with E-state index in [4.69, 9.17) is 0 Å². The summed E-state index contributed by atoms with van der Waals surface area (Å²) in [6, 6.07) is 12.1. The molecular formula is C18H21FN2O2S. The molecule has 0 aromatic heterocycles. The Kier molecular flexibility index (Phi) is 4.87. The number of fused-ring (bicyclic) bond motifs is 1. The van der Waals surface area contributed by atoms with E-state index < -0.39 is 15.8 Å². The molecule has 0 aliphatic carbocycles. The SMILES string of the molecule is Cc1cc(S(=O)(=O)NCCCN2CCc3ccccc32)ccc1F. The number of para-hydroxylation sites is 1. The van der Waals surface area contributed by atoms with Gasteiger partial charge in [0.25, 0.3) is 0 Å². The van der Waals surface area contributed by atoms with Crippen LogP contribution in [0.4, 0.5) is 10.1 Å². The molecule has 1 aliphatic heterocycles. The van der Waals surface area contributed by atoms with Crippen LogP contribution in [0.3, 0.4) is 0 Å². The van der Waals surface area contributed by atoms with Gasteiger partial charge in [0.1, 0.15) is 5.82 Å². The van der Waals surface area contributed by atoms with Gasteiger partial charge in [-0.25, -0.2) is 17.5 Å². The van der Waals surface area contributed by atoms with Gasteiger partial charge in [-0.3, -0.25) is 0 Å². The smallest absolute Gasteiger partial charge is 0.240 e. The highest BCUT2D eigenvalue weighted by atomic mass is 32.2. The first-order valence-electron chi connectivity index (χ1n) is 8.06. The zero-order valence-corrected chi connectivity index (χ0v) is 14.4. The van der Waals surface area contributed by atoms with Crippen molar-refractivity contribution in [1.82, 2.24) is 4.72 Å². The van der Waals surface area contributed by atoms with Gasteiger partial charge >= 0.3 is 0 Å². The third kappa shape index (κ3) is 3.60. The van der Waals surface area contributed by atoms with E-state index in [0.29, 0.717) is 18.5 Å². The summed E-state index contributed by atoms with van der Waals surface area (Å²) < 4.78 is 40.3. The summed E-state index contributed by atoms with van der Waals surface area (Å²) in [4.78, 5) is 2.39. The summed E-state index contributed by atoms with van der Waals surface area (Å²) in [5.41, 5.74) is 2.92. The molecule has 0 spiro atoms. The van der Waals surface area contributed by atoms with Crippen LogP contribution in [0.1, 0.15) is 17.5 Å². The van der Waals surface area contributed by atoms with Gasteiger partial charge in [0.2, 0.25) is 10.0 Å². The molecule has 0 bridgehead atoms. The van der Waals surface area contributed by atoms with Crippen molar-refractivity contribution in [3.63, 3.8) is 0 Å². The lowest BCUT2D eigenvalue weighted by Gasteiger charge is -2.19. The molecule has 0 radical (unpaired) electrons. The standard InChI is InChI=1S/C18H21FN2O2S/c1-14-13-16(7-8-17(14)19)24(22,23)20-10-4-11-21-12-9-15-5-2-3-6-18(15)21/h2-3,5-8,13,20H,4,9-12H2,1H3. The maximum absolute atomic E-state index is 13.3. The van der Waals surface area contributed by atoms with Crippen molar-refractivity contribution < 1.29 is 12.8 Å². The molecule has 128 valence electrons. The molecule has 0 saturated carbocycles. The fraction of sp³-hybridized carbons (Fsp3) is 0.333. The zero-order chi connectivity index (χ0) is 17.2. The van der Waals surface area contributed by atoms with E-state index in [1.807, 2.05) is 12.1 Å². The first-order chi connectivity index (χ1) is 11.5. The van der Waals surface area contributed by atoms with E-state index in [2.05, 4.69) is 21.8 Å². The van der Waals surface area contributed by atoms with Gasteiger partial charge < -0.3 is 4.90 Å². The molecule has 2 aromatic carbocycles. The number of halogens is 1. The van der Waals surface area contributed by atoms with Gasteiger partial charge in [0, 0.05) is 25.3 Å². The topological polar surface area (TPSA) is 49.4 Å². The van der Waals surface area contributed by atoms with E-state index in [9.17, 15) is 12.8 Å². The molecule has 0 atom stereocenters. The molecule has 1 N–H and O–H groups in total. The molecule has 0 amide bonds. The second-order valence-corrected chi connectivity index (χ2v) is 7.80. The number of anilines is 1. The van der Waals surface area contributed by atoms with Crippen LogP contribution in [0, 0.1) is 12.7 Å². The molecule has 3 rings (SSSR count). The minimum absolute atomic E-state index is 0.105. The number of rotatable bonds is 6. The summed E-state index contributed by atoms with van der Waals surface area (Å²) in [6.07, 6.45) is 1.75. The number of benzene rings is 2. The Morgan fingerprint density at radius 2 is 2.00 bits per heavy atom. The second kappa shape index (κ2) is 6.91. The quantitative estimate of drug-likeness (QED) is 0.817. The Morgan fingerprint density at radius 3 is 2.79 bits per heavy atom. The van der Waals surface area contributed by atoms with E-state index in [1.165, 1.54) is 29.4 Å². The van der Waals surface area contributed by atoms with Crippen molar-refractivity contribution in [2.45, 2.75) is 24.7 Å². The van der Waals surface area contributed by atoms with E-state index in [0.717, 1.165) is 19.5 Å². The zero-order valence-electron chi connectivity index (χ0n) is 13.6. The van der Waals surface area contributed by atoms with Crippen LogP contribution >= 0.6 is 0 Å². The maximum atomic E-state index is 13.3. The monoisotopic (exact) mass is 348 g/mol. The fourth-order valence-electron chi connectivity index (χ4n) is 2.98. The lowest BCUT2D eigenvalue weighted by atomic mass is 10.2. The largest absolute Gasteiger partial charge is 0.371 e. The van der Waals surface area contributed by atoms with Gasteiger partial charge in [-0.15, -0.1) is 0 Å². The summed E-state index contributed by atoms with van der Waals surface area (Å²) in [5, 5.41) is 0. The molecule has 0 fully saturated rings. The second-order valence-electron chi connectivity index (χ2n) is 6.03. The van der Waals surface area contributed by atoms with Crippen molar-refractivity contribution in [3.8, 4) is 0 Å². The number of nitrogens with zero attached hydrogens (tertiary/aromatic N) is 1. The number of hydrogen-bond donors (Lipinski definition) is 1. The minimum Gasteiger partial charge on any atom is -0.371 e. The van der Waals surface area contributed by atoms with Gasteiger partial charge in [0.15, 0.2) is 0 Å². The molecule has 1 heterocycles. The van der Waals surface area contributed by atoms with Crippen LogP contribution in [-0.4, -0.2) is 28.1 Å². The predicted octanol–water partition coefficient (Wildman–Crippen LogP) is 2.87. The van der Waals surface area contributed by atoms with Crippen LogP contribution in [0.25, 0.3) is 0 Å². The van der Waals surface area contributed by atoms with Crippen LogP contribution in [-0.2, 0) is 16.4 Å². The van der Waals surface area contributed by atoms with Crippen LogP contribution in [0.15, 0.2) is 47.4 Å². The Morgan fingerprint density at radius 1 is 1.21 bits per heavy atom. The van der Waals surface area contributed by atoms with Crippen LogP contribution in [0.2, 0.25) is 0 Å². The summed E-state index contributed by atoms with van der Waals surface area (Å²) in [5.74, 6) is -0.401. The van der Waals surface area contributed by atoms with Crippen molar-refractivity contribution in [1.29, 1.82) is 0 Å². The third-order valence-corrected chi connectivity index (χ3v) is 5.78. The van der Waals surface area contributed by atoms with Crippen molar-refractivity contribution in [2.75, 3.05) is 24.5 Å². The van der Waals surface area contributed by atoms with E-state index in [1.54, 1.807) is 6.92 Å². The lowest BCUT2D eigenvalue weighted by Crippen LogP contribution is -2.29. The van der Waals surface area contributed by atoms with Gasteiger partial charge in [-0.1, -0.05) is 18.2 Å². The van der Waals surface area contributed by atoms with E-state index >= 15 is 0 Å². The average Bonchev–Trinajstić information content (AvgIpc) is 2.97. The van der Waals surface area contributed by atoms with Crippen LogP contribution in [0.5, 0.6) is 0 Å². The molecular weight excluding hydrogens is 327 g/mol. The maximum Gasteiger partial charge on any atom is 0.240 e. The van der Waals surface area contributed by atoms with Crippen LogP contribution < -0.4 is 9.62 Å². The molecule has 2 aromatic rings. The Hall–Kier alpha value is -1.92. The Balaban J connectivity index is 1.54. The van der Waals surface area contributed by atoms with Gasteiger partial charge in [-0.05, 0) is 55.2 Å². The highest BCUT2D eigenvalue weighted by Crippen LogP contribution is 2.27. The number of hydrogen-bond acceptors (Lipinski definition) is 3. The lowest BCUT2D eigenvalue weighted by molar-refractivity contribution is 0.577. The highest BCUT2D eigenvalue weighted by Gasteiger charge is 2.18. The molecule has 0 unspecified atom stereocenters. The van der Waals surface area contributed by atoms with Crippen molar-refractivity contribution in [2.24, 2.45) is 0 Å². The van der Waals surface area contributed by atoms with Gasteiger partial charge in [-0.2, -0.15) is 0 Å². The van der Waals surface area contributed by atoms with Crippen molar-refractivity contribution >= 4 is 15.7 Å².